The molecule has 2 aliphatic rings. The van der Waals surface area contributed by atoms with E-state index in [2.05, 4.69) is 4.99 Å². The molecule has 30 heavy (non-hydrogen) atoms. The number of benzene rings is 2. The Morgan fingerprint density at radius 3 is 2.67 bits per heavy atom. The summed E-state index contributed by atoms with van der Waals surface area (Å²) in [6.07, 6.45) is 0.0894. The highest BCUT2D eigenvalue weighted by molar-refractivity contribution is 8.15. The van der Waals surface area contributed by atoms with Crippen molar-refractivity contribution in [3.05, 3.63) is 65.5 Å². The first-order chi connectivity index (χ1) is 14.3. The van der Waals surface area contributed by atoms with E-state index < -0.39 is 9.84 Å². The highest BCUT2D eigenvalue weighted by Crippen LogP contribution is 2.39. The molecule has 0 radical (unpaired) electrons. The van der Waals surface area contributed by atoms with E-state index in [4.69, 9.17) is 4.74 Å². The van der Waals surface area contributed by atoms with Crippen LogP contribution in [-0.2, 0) is 27.6 Å². The maximum absolute atomic E-state index is 13.3. The first-order valence-corrected chi connectivity index (χ1v) is 12.2. The van der Waals surface area contributed by atoms with Gasteiger partial charge in [0, 0.05) is 17.4 Å². The molecule has 0 aromatic heterocycles. The van der Waals surface area contributed by atoms with Gasteiger partial charge in [-0.05, 0) is 23.8 Å². The van der Waals surface area contributed by atoms with Gasteiger partial charge >= 0.3 is 0 Å². The van der Waals surface area contributed by atoms with Crippen LogP contribution in [0, 0.1) is 5.82 Å². The van der Waals surface area contributed by atoms with E-state index in [-0.39, 0.29) is 40.9 Å². The lowest BCUT2D eigenvalue weighted by molar-refractivity contribution is -0.117. The van der Waals surface area contributed by atoms with E-state index in [9.17, 15) is 17.6 Å². The summed E-state index contributed by atoms with van der Waals surface area (Å²) in [5, 5.41) is 0.359. The lowest BCUT2D eigenvalue weighted by Crippen LogP contribution is -2.37. The van der Waals surface area contributed by atoms with Gasteiger partial charge in [0.2, 0.25) is 0 Å². The largest absolute Gasteiger partial charge is 0.496 e. The van der Waals surface area contributed by atoms with Gasteiger partial charge in [-0.25, -0.2) is 12.8 Å². The molecule has 0 spiro atoms. The number of para-hydroxylation sites is 1. The number of fused-ring (bicyclic) bond motifs is 1. The number of carbonyl (C=O) groups excluding carboxylic acids is 1. The van der Waals surface area contributed by atoms with Crippen molar-refractivity contribution in [3.8, 4) is 5.75 Å². The number of hydrogen-bond acceptors (Lipinski definition) is 5. The molecule has 0 saturated carbocycles. The fraction of sp³-hybridized carbons (Fsp3) is 0.333. The Hall–Kier alpha value is -2.39. The van der Waals surface area contributed by atoms with Crippen LogP contribution in [0.15, 0.2) is 53.5 Å². The Labute approximate surface area is 179 Å². The number of carbonyl (C=O) groups is 1. The predicted molar refractivity (Wildman–Crippen MR) is 115 cm³/mol. The Kier molecular flexibility index (Phi) is 5.84. The van der Waals surface area contributed by atoms with Crippen molar-refractivity contribution in [2.45, 2.75) is 24.3 Å². The highest BCUT2D eigenvalue weighted by atomic mass is 32.2. The van der Waals surface area contributed by atoms with E-state index >= 15 is 0 Å². The first kappa shape index (κ1) is 20.9. The minimum atomic E-state index is -3.13. The molecule has 0 unspecified atom stereocenters. The zero-order valence-electron chi connectivity index (χ0n) is 16.3. The number of methoxy groups -OCH3 is 1. The van der Waals surface area contributed by atoms with E-state index in [1.165, 1.54) is 23.9 Å². The van der Waals surface area contributed by atoms with Gasteiger partial charge in [-0.15, -0.1) is 0 Å². The van der Waals surface area contributed by atoms with E-state index in [0.717, 1.165) is 11.1 Å². The summed E-state index contributed by atoms with van der Waals surface area (Å²) in [4.78, 5) is 18.9. The SMILES string of the molecule is COc1ccccc1CC(=O)N=C1S[C@H]2CS(=O)(=O)C[C@@H]2N1Cc1ccc(F)cc1. The van der Waals surface area contributed by atoms with Crippen LogP contribution in [0.5, 0.6) is 5.75 Å². The number of amides is 1. The summed E-state index contributed by atoms with van der Waals surface area (Å²) in [6.45, 7) is 0.366. The molecule has 2 fully saturated rings. The van der Waals surface area contributed by atoms with Crippen molar-refractivity contribution in [2.75, 3.05) is 18.6 Å². The summed E-state index contributed by atoms with van der Waals surface area (Å²) >= 11 is 1.33. The lowest BCUT2D eigenvalue weighted by atomic mass is 10.1. The quantitative estimate of drug-likeness (QED) is 0.700. The third kappa shape index (κ3) is 4.52. The second-order valence-electron chi connectivity index (χ2n) is 7.33. The molecule has 2 aliphatic heterocycles. The molecule has 2 saturated heterocycles. The highest BCUT2D eigenvalue weighted by Gasteiger charge is 2.48. The van der Waals surface area contributed by atoms with Gasteiger partial charge in [-0.2, -0.15) is 4.99 Å². The third-order valence-corrected chi connectivity index (χ3v) is 8.44. The van der Waals surface area contributed by atoms with Gasteiger partial charge in [-0.3, -0.25) is 4.79 Å². The van der Waals surface area contributed by atoms with Crippen molar-refractivity contribution >= 4 is 32.7 Å². The number of amidine groups is 1. The van der Waals surface area contributed by atoms with Crippen molar-refractivity contribution in [1.29, 1.82) is 0 Å². The van der Waals surface area contributed by atoms with Crippen molar-refractivity contribution in [3.63, 3.8) is 0 Å². The molecular weight excluding hydrogens is 427 g/mol. The van der Waals surface area contributed by atoms with Crippen LogP contribution in [0.4, 0.5) is 4.39 Å². The van der Waals surface area contributed by atoms with Crippen LogP contribution in [-0.4, -0.2) is 54.3 Å². The monoisotopic (exact) mass is 448 g/mol. The zero-order chi connectivity index (χ0) is 21.3. The average Bonchev–Trinajstić information content (AvgIpc) is 3.16. The number of thioether (sulfide) groups is 1. The number of nitrogens with zero attached hydrogens (tertiary/aromatic N) is 2. The molecule has 9 heteroatoms. The fourth-order valence-corrected chi connectivity index (χ4v) is 7.73. The second-order valence-corrected chi connectivity index (χ2v) is 10.7. The van der Waals surface area contributed by atoms with Gasteiger partial charge in [0.05, 0.1) is 31.1 Å². The normalized spacial score (nSPS) is 23.5. The number of halogens is 1. The standard InChI is InChI=1S/C21H21FN2O4S2/c1-28-18-5-3-2-4-15(18)10-20(25)23-21-24(11-14-6-8-16(22)9-7-14)17-12-30(26,27)13-19(17)29-21/h2-9,17,19H,10-13H2,1H3/t17-,19-/m0/s1. The fourth-order valence-electron chi connectivity index (χ4n) is 3.77. The molecule has 1 amide bonds. The number of rotatable bonds is 5. The number of sulfone groups is 1. The summed E-state index contributed by atoms with van der Waals surface area (Å²) < 4.78 is 42.8. The maximum atomic E-state index is 13.3. The summed E-state index contributed by atoms with van der Waals surface area (Å²) in [6, 6.07) is 13.1. The molecule has 0 N–H and O–H groups in total. The molecular formula is C21H21FN2O4S2. The minimum absolute atomic E-state index is 0.0333. The summed E-state index contributed by atoms with van der Waals surface area (Å²) in [5.74, 6) is 0.0648. The van der Waals surface area contributed by atoms with Gasteiger partial charge in [0.1, 0.15) is 11.6 Å². The predicted octanol–water partition coefficient (Wildman–Crippen LogP) is 2.67. The Bertz CT molecular complexity index is 1090. The topological polar surface area (TPSA) is 76.0 Å². The number of aliphatic imine (C=N–C) groups is 1. The summed E-state index contributed by atoms with van der Waals surface area (Å²) in [7, 11) is -1.58. The van der Waals surface area contributed by atoms with Gasteiger partial charge < -0.3 is 9.64 Å². The minimum Gasteiger partial charge on any atom is -0.496 e. The smallest absolute Gasteiger partial charge is 0.252 e. The van der Waals surface area contributed by atoms with Crippen LogP contribution in [0.3, 0.4) is 0 Å². The van der Waals surface area contributed by atoms with Crippen molar-refractivity contribution < 1.29 is 22.3 Å². The second kappa shape index (κ2) is 8.39. The van der Waals surface area contributed by atoms with Crippen LogP contribution < -0.4 is 4.74 Å². The van der Waals surface area contributed by atoms with Crippen molar-refractivity contribution in [2.24, 2.45) is 4.99 Å². The van der Waals surface area contributed by atoms with E-state index in [0.29, 0.717) is 17.5 Å². The molecule has 2 aromatic carbocycles. The molecule has 158 valence electrons. The Morgan fingerprint density at radius 1 is 1.20 bits per heavy atom. The lowest BCUT2D eigenvalue weighted by Gasteiger charge is -2.24. The molecule has 0 bridgehead atoms. The van der Waals surface area contributed by atoms with Gasteiger partial charge in [0.15, 0.2) is 15.0 Å². The molecule has 4 rings (SSSR count). The van der Waals surface area contributed by atoms with E-state index in [1.54, 1.807) is 25.3 Å². The first-order valence-electron chi connectivity index (χ1n) is 9.46. The number of ether oxygens (including phenoxy) is 1. The van der Waals surface area contributed by atoms with Crippen LogP contribution in [0.25, 0.3) is 0 Å². The van der Waals surface area contributed by atoms with Crippen LogP contribution in [0.2, 0.25) is 0 Å². The third-order valence-electron chi connectivity index (χ3n) is 5.20. The van der Waals surface area contributed by atoms with Crippen LogP contribution in [0.1, 0.15) is 11.1 Å². The molecule has 2 atom stereocenters. The molecule has 2 heterocycles. The average molecular weight is 449 g/mol. The molecule has 6 nitrogen and oxygen atoms in total. The number of hydrogen-bond donors (Lipinski definition) is 0. The van der Waals surface area contributed by atoms with Crippen LogP contribution >= 0.6 is 11.8 Å². The van der Waals surface area contributed by atoms with E-state index in [1.807, 2.05) is 23.1 Å². The van der Waals surface area contributed by atoms with Gasteiger partial charge in [-0.1, -0.05) is 42.1 Å². The Morgan fingerprint density at radius 2 is 1.93 bits per heavy atom. The molecule has 0 aliphatic carbocycles. The summed E-state index contributed by atoms with van der Waals surface area (Å²) in [5.41, 5.74) is 1.57. The molecule has 2 aromatic rings. The zero-order valence-corrected chi connectivity index (χ0v) is 18.0. The Balaban J connectivity index is 1.58. The van der Waals surface area contributed by atoms with Crippen molar-refractivity contribution in [1.82, 2.24) is 4.90 Å². The maximum Gasteiger partial charge on any atom is 0.252 e. The van der Waals surface area contributed by atoms with Gasteiger partial charge in [0.25, 0.3) is 5.91 Å².